The van der Waals surface area contributed by atoms with Crippen molar-refractivity contribution in [2.24, 2.45) is 0 Å². The Balaban J connectivity index is 1.78. The fourth-order valence-electron chi connectivity index (χ4n) is 3.97. The lowest BCUT2D eigenvalue weighted by molar-refractivity contribution is -0.141. The molecule has 0 aromatic heterocycles. The number of hydrogen-bond donors (Lipinski definition) is 1. The first-order chi connectivity index (χ1) is 17.9. The summed E-state index contributed by atoms with van der Waals surface area (Å²) < 4.78 is 19.4. The lowest BCUT2D eigenvalue weighted by Crippen LogP contribution is -2.52. The lowest BCUT2D eigenvalue weighted by Gasteiger charge is -2.32. The summed E-state index contributed by atoms with van der Waals surface area (Å²) in [6.07, 6.45) is 1.91. The second-order valence-electron chi connectivity index (χ2n) is 9.44. The Morgan fingerprint density at radius 1 is 0.946 bits per heavy atom. The number of carbonyl (C=O) groups is 2. The minimum absolute atomic E-state index is 0.0172. The summed E-state index contributed by atoms with van der Waals surface area (Å²) in [6, 6.07) is 22.8. The first kappa shape index (κ1) is 27.9. The topological polar surface area (TPSA) is 58.6 Å². The molecule has 3 rings (SSSR count). The molecule has 196 valence electrons. The van der Waals surface area contributed by atoms with E-state index in [1.165, 1.54) is 12.1 Å². The third-order valence-corrected chi connectivity index (χ3v) is 6.36. The van der Waals surface area contributed by atoms with Gasteiger partial charge in [0.1, 0.15) is 17.6 Å². The zero-order valence-corrected chi connectivity index (χ0v) is 22.0. The predicted molar refractivity (Wildman–Crippen MR) is 145 cm³/mol. The highest BCUT2D eigenvalue weighted by atomic mass is 19.1. The summed E-state index contributed by atoms with van der Waals surface area (Å²) in [5, 5.41) is 3.06. The summed E-state index contributed by atoms with van der Waals surface area (Å²) in [4.78, 5) is 28.7. The van der Waals surface area contributed by atoms with Gasteiger partial charge in [-0.05, 0) is 62.1 Å². The van der Waals surface area contributed by atoms with Crippen molar-refractivity contribution >= 4 is 11.8 Å². The van der Waals surface area contributed by atoms with Gasteiger partial charge < -0.3 is 15.0 Å². The van der Waals surface area contributed by atoms with Crippen LogP contribution >= 0.6 is 0 Å². The van der Waals surface area contributed by atoms with E-state index in [0.717, 1.165) is 28.9 Å². The van der Waals surface area contributed by atoms with Crippen LogP contribution in [0.1, 0.15) is 49.8 Å². The van der Waals surface area contributed by atoms with Gasteiger partial charge in [-0.2, -0.15) is 0 Å². The van der Waals surface area contributed by atoms with Crippen LogP contribution in [0, 0.1) is 12.7 Å². The molecule has 6 heteroatoms. The number of carbonyl (C=O) groups excluding carboxylic acids is 2. The van der Waals surface area contributed by atoms with Gasteiger partial charge in [-0.3, -0.25) is 9.59 Å². The van der Waals surface area contributed by atoms with E-state index in [1.807, 2.05) is 75.4 Å². The summed E-state index contributed by atoms with van der Waals surface area (Å²) in [7, 11) is 0. The minimum atomic E-state index is -0.702. The summed E-state index contributed by atoms with van der Waals surface area (Å²) >= 11 is 0. The highest BCUT2D eigenvalue weighted by Gasteiger charge is 2.30. The number of amides is 2. The molecule has 2 amide bonds. The van der Waals surface area contributed by atoms with E-state index in [1.54, 1.807) is 17.0 Å². The minimum Gasteiger partial charge on any atom is -0.494 e. The quantitative estimate of drug-likeness (QED) is 0.297. The number of nitrogens with zero attached hydrogens (tertiary/aromatic N) is 1. The molecule has 1 N–H and O–H groups in total. The first-order valence-electron chi connectivity index (χ1n) is 12.9. The van der Waals surface area contributed by atoms with Crippen molar-refractivity contribution in [3.63, 3.8) is 0 Å². The van der Waals surface area contributed by atoms with Gasteiger partial charge in [0.05, 0.1) is 6.61 Å². The summed E-state index contributed by atoms with van der Waals surface area (Å²) in [5.74, 6) is 0.0861. The Bertz CT molecular complexity index is 1120. The fourth-order valence-corrected chi connectivity index (χ4v) is 3.97. The van der Waals surface area contributed by atoms with Crippen LogP contribution in [0.2, 0.25) is 0 Å². The third-order valence-electron chi connectivity index (χ3n) is 6.36. The third kappa shape index (κ3) is 9.05. The molecular weight excluding hydrogens is 467 g/mol. The summed E-state index contributed by atoms with van der Waals surface area (Å²) in [5.41, 5.74) is 2.88. The monoisotopic (exact) mass is 504 g/mol. The van der Waals surface area contributed by atoms with Crippen LogP contribution in [0.5, 0.6) is 5.75 Å². The van der Waals surface area contributed by atoms with Crippen LogP contribution in [0.4, 0.5) is 4.39 Å². The van der Waals surface area contributed by atoms with Crippen LogP contribution in [0.25, 0.3) is 0 Å². The Labute approximate surface area is 219 Å². The second-order valence-corrected chi connectivity index (χ2v) is 9.44. The number of hydrogen-bond acceptors (Lipinski definition) is 3. The van der Waals surface area contributed by atoms with E-state index in [9.17, 15) is 14.0 Å². The Morgan fingerprint density at radius 2 is 1.62 bits per heavy atom. The Hall–Kier alpha value is -3.67. The summed E-state index contributed by atoms with van der Waals surface area (Å²) in [6.45, 7) is 6.57. The second kappa shape index (κ2) is 14.2. The van der Waals surface area contributed by atoms with Crippen molar-refractivity contribution in [1.82, 2.24) is 10.2 Å². The smallest absolute Gasteiger partial charge is 0.243 e. The molecule has 0 heterocycles. The lowest BCUT2D eigenvalue weighted by atomic mass is 10.0. The molecule has 0 bridgehead atoms. The van der Waals surface area contributed by atoms with Gasteiger partial charge in [-0.25, -0.2) is 4.39 Å². The van der Waals surface area contributed by atoms with Gasteiger partial charge in [0.2, 0.25) is 11.8 Å². The van der Waals surface area contributed by atoms with Crippen LogP contribution in [0.3, 0.4) is 0 Å². The van der Waals surface area contributed by atoms with Crippen LogP contribution in [-0.4, -0.2) is 35.4 Å². The maximum atomic E-state index is 13.6. The molecule has 0 aliphatic rings. The van der Waals surface area contributed by atoms with E-state index in [-0.39, 0.29) is 36.6 Å². The van der Waals surface area contributed by atoms with Gasteiger partial charge in [0, 0.05) is 25.4 Å². The fraction of sp³-hybridized carbons (Fsp3) is 0.355. The van der Waals surface area contributed by atoms with Crippen LogP contribution in [-0.2, 0) is 22.6 Å². The maximum Gasteiger partial charge on any atom is 0.243 e. The first-order valence-corrected chi connectivity index (χ1v) is 12.9. The number of aryl methyl sites for hydroxylation is 1. The Kier molecular flexibility index (Phi) is 10.7. The molecular formula is C31H37FN2O3. The maximum absolute atomic E-state index is 13.6. The number of benzene rings is 3. The van der Waals surface area contributed by atoms with E-state index in [2.05, 4.69) is 5.32 Å². The number of ether oxygens (including phenoxy) is 1. The number of nitrogens with one attached hydrogen (secondary N) is 1. The molecule has 3 aromatic carbocycles. The van der Waals surface area contributed by atoms with Crippen molar-refractivity contribution < 1.29 is 18.7 Å². The largest absolute Gasteiger partial charge is 0.494 e. The molecule has 5 nitrogen and oxygen atoms in total. The van der Waals surface area contributed by atoms with Crippen molar-refractivity contribution in [1.29, 1.82) is 0 Å². The molecule has 2 unspecified atom stereocenters. The van der Waals surface area contributed by atoms with Gasteiger partial charge in [0.15, 0.2) is 0 Å². The molecule has 0 spiro atoms. The zero-order chi connectivity index (χ0) is 26.6. The van der Waals surface area contributed by atoms with Crippen molar-refractivity contribution in [3.8, 4) is 5.75 Å². The standard InChI is InChI=1S/C31H37FN2O3/c1-4-24(3)33-31(36)29(21-25-9-6-5-7-10-25)34(22-26-14-16-27(32)17-15-26)30(35)11-8-20-37-28-18-12-23(2)13-19-28/h5-7,9-10,12-19,24,29H,4,8,11,20-22H2,1-3H3,(H,33,36). The molecule has 0 saturated carbocycles. The highest BCUT2D eigenvalue weighted by molar-refractivity contribution is 5.88. The Morgan fingerprint density at radius 3 is 2.27 bits per heavy atom. The molecule has 0 fully saturated rings. The number of halogens is 1. The predicted octanol–water partition coefficient (Wildman–Crippen LogP) is 5.85. The van der Waals surface area contributed by atoms with E-state index >= 15 is 0 Å². The zero-order valence-electron chi connectivity index (χ0n) is 22.0. The van der Waals surface area contributed by atoms with Crippen molar-refractivity contribution in [2.45, 2.75) is 65.1 Å². The van der Waals surface area contributed by atoms with E-state index in [4.69, 9.17) is 4.74 Å². The van der Waals surface area contributed by atoms with Gasteiger partial charge in [0.25, 0.3) is 0 Å². The average Bonchev–Trinajstić information content (AvgIpc) is 2.91. The van der Waals surface area contributed by atoms with Crippen LogP contribution < -0.4 is 10.1 Å². The van der Waals surface area contributed by atoms with Crippen molar-refractivity contribution in [3.05, 3.63) is 101 Å². The van der Waals surface area contributed by atoms with E-state index < -0.39 is 6.04 Å². The number of rotatable bonds is 13. The molecule has 0 saturated heterocycles. The molecule has 3 aromatic rings. The van der Waals surface area contributed by atoms with Crippen molar-refractivity contribution in [2.75, 3.05) is 6.61 Å². The van der Waals surface area contributed by atoms with Crippen LogP contribution in [0.15, 0.2) is 78.9 Å². The normalized spacial score (nSPS) is 12.4. The average molecular weight is 505 g/mol. The van der Waals surface area contributed by atoms with Gasteiger partial charge >= 0.3 is 0 Å². The molecule has 0 aliphatic heterocycles. The SMILES string of the molecule is CCC(C)NC(=O)C(Cc1ccccc1)N(Cc1ccc(F)cc1)C(=O)CCCOc1ccc(C)cc1. The van der Waals surface area contributed by atoms with E-state index in [0.29, 0.717) is 19.4 Å². The highest BCUT2D eigenvalue weighted by Crippen LogP contribution is 2.18. The molecule has 0 aliphatic carbocycles. The molecule has 0 radical (unpaired) electrons. The van der Waals surface area contributed by atoms with Gasteiger partial charge in [-0.15, -0.1) is 0 Å². The van der Waals surface area contributed by atoms with Gasteiger partial charge in [-0.1, -0.05) is 67.1 Å². The molecule has 37 heavy (non-hydrogen) atoms. The molecule has 2 atom stereocenters.